The third kappa shape index (κ3) is 3.43. The molecule has 0 amide bonds. The quantitative estimate of drug-likeness (QED) is 0.934. The fraction of sp³-hybridized carbons (Fsp3) is 0.364. The van der Waals surface area contributed by atoms with Gasteiger partial charge in [-0.15, -0.1) is 0 Å². The molecule has 104 valence electrons. The summed E-state index contributed by atoms with van der Waals surface area (Å²) in [6.45, 7) is 0. The lowest BCUT2D eigenvalue weighted by Crippen LogP contribution is -2.15. The van der Waals surface area contributed by atoms with Gasteiger partial charge in [0.15, 0.2) is 5.58 Å². The van der Waals surface area contributed by atoms with Crippen LogP contribution in [-0.4, -0.2) is 25.4 Å². The average Bonchev–Trinajstić information content (AvgIpc) is 2.68. The van der Waals surface area contributed by atoms with E-state index in [4.69, 9.17) is 21.8 Å². The van der Waals surface area contributed by atoms with E-state index in [1.807, 2.05) is 0 Å². The second-order valence-electron chi connectivity index (χ2n) is 4.31. The fourth-order valence-corrected chi connectivity index (χ4v) is 2.52. The number of rotatable bonds is 4. The molecule has 0 aliphatic carbocycles. The molecule has 1 aromatic heterocycles. The van der Waals surface area contributed by atoms with E-state index in [0.29, 0.717) is 0 Å². The van der Waals surface area contributed by atoms with E-state index in [2.05, 4.69) is 4.98 Å². The SMILES string of the molecule is CS(=O)(=O)CCC(N)c1nc2cc(F)cc(Cl)c2o1. The molecule has 1 atom stereocenters. The van der Waals surface area contributed by atoms with Gasteiger partial charge >= 0.3 is 0 Å². The van der Waals surface area contributed by atoms with Crippen LogP contribution in [0.5, 0.6) is 0 Å². The number of fused-ring (bicyclic) bond motifs is 1. The maximum absolute atomic E-state index is 13.1. The van der Waals surface area contributed by atoms with Gasteiger partial charge in [0.1, 0.15) is 21.2 Å². The minimum absolute atomic E-state index is 0.0744. The van der Waals surface area contributed by atoms with Crippen molar-refractivity contribution >= 4 is 32.5 Å². The maximum atomic E-state index is 13.1. The van der Waals surface area contributed by atoms with E-state index in [-0.39, 0.29) is 34.2 Å². The van der Waals surface area contributed by atoms with Gasteiger partial charge < -0.3 is 10.2 Å². The molecule has 0 aliphatic heterocycles. The molecule has 0 saturated carbocycles. The Labute approximate surface area is 114 Å². The Kier molecular flexibility index (Phi) is 3.80. The van der Waals surface area contributed by atoms with Crippen LogP contribution in [0.15, 0.2) is 16.5 Å². The second-order valence-corrected chi connectivity index (χ2v) is 6.98. The van der Waals surface area contributed by atoms with Crippen molar-refractivity contribution < 1.29 is 17.2 Å². The van der Waals surface area contributed by atoms with Crippen LogP contribution in [-0.2, 0) is 9.84 Å². The lowest BCUT2D eigenvalue weighted by Gasteiger charge is -2.05. The van der Waals surface area contributed by atoms with Crippen LogP contribution in [0.2, 0.25) is 5.02 Å². The van der Waals surface area contributed by atoms with Crippen molar-refractivity contribution in [1.82, 2.24) is 4.98 Å². The molecule has 0 fully saturated rings. The molecule has 0 radical (unpaired) electrons. The molecule has 2 aromatic rings. The van der Waals surface area contributed by atoms with Gasteiger partial charge in [0.25, 0.3) is 0 Å². The number of oxazole rings is 1. The molecule has 0 aliphatic rings. The van der Waals surface area contributed by atoms with Gasteiger partial charge in [0, 0.05) is 12.3 Å². The zero-order valence-corrected chi connectivity index (χ0v) is 11.6. The molecular formula is C11H12ClFN2O3S. The smallest absolute Gasteiger partial charge is 0.212 e. The molecule has 0 spiro atoms. The molecule has 2 N–H and O–H groups in total. The number of aromatic nitrogens is 1. The van der Waals surface area contributed by atoms with Gasteiger partial charge in [-0.1, -0.05) is 11.6 Å². The molecule has 1 heterocycles. The van der Waals surface area contributed by atoms with Gasteiger partial charge in [-0.25, -0.2) is 17.8 Å². The summed E-state index contributed by atoms with van der Waals surface area (Å²) in [5, 5.41) is 0.101. The van der Waals surface area contributed by atoms with Crippen molar-refractivity contribution in [1.29, 1.82) is 0 Å². The van der Waals surface area contributed by atoms with Gasteiger partial charge in [0.2, 0.25) is 5.89 Å². The highest BCUT2D eigenvalue weighted by atomic mass is 35.5. The van der Waals surface area contributed by atoms with Gasteiger partial charge in [-0.05, 0) is 12.5 Å². The third-order valence-electron chi connectivity index (χ3n) is 2.54. The van der Waals surface area contributed by atoms with Crippen LogP contribution >= 0.6 is 11.6 Å². The van der Waals surface area contributed by atoms with Crippen molar-refractivity contribution in [2.75, 3.05) is 12.0 Å². The Morgan fingerprint density at radius 1 is 1.53 bits per heavy atom. The van der Waals surface area contributed by atoms with Crippen LogP contribution in [0, 0.1) is 5.82 Å². The number of halogens is 2. The van der Waals surface area contributed by atoms with Crippen LogP contribution < -0.4 is 5.73 Å². The Morgan fingerprint density at radius 2 is 2.21 bits per heavy atom. The predicted molar refractivity (Wildman–Crippen MR) is 70.2 cm³/mol. The van der Waals surface area contributed by atoms with Crippen LogP contribution in [0.1, 0.15) is 18.4 Å². The van der Waals surface area contributed by atoms with E-state index >= 15 is 0 Å². The van der Waals surface area contributed by atoms with Crippen molar-refractivity contribution in [2.45, 2.75) is 12.5 Å². The Balaban J connectivity index is 2.28. The van der Waals surface area contributed by atoms with E-state index < -0.39 is 21.7 Å². The summed E-state index contributed by atoms with van der Waals surface area (Å²) in [4.78, 5) is 4.02. The number of nitrogens with zero attached hydrogens (tertiary/aromatic N) is 1. The van der Waals surface area contributed by atoms with Crippen LogP contribution in [0.3, 0.4) is 0 Å². The Bertz CT molecular complexity index is 714. The molecule has 1 aromatic carbocycles. The highest BCUT2D eigenvalue weighted by Gasteiger charge is 2.18. The zero-order chi connectivity index (χ0) is 14.2. The predicted octanol–water partition coefficient (Wildman–Crippen LogP) is 2.05. The van der Waals surface area contributed by atoms with Crippen LogP contribution in [0.4, 0.5) is 4.39 Å². The molecule has 2 rings (SSSR count). The van der Waals surface area contributed by atoms with Gasteiger partial charge in [-0.3, -0.25) is 0 Å². The molecule has 8 heteroatoms. The Morgan fingerprint density at radius 3 is 2.84 bits per heavy atom. The number of hydrogen-bond donors (Lipinski definition) is 1. The molecular weight excluding hydrogens is 295 g/mol. The summed E-state index contributed by atoms with van der Waals surface area (Å²) in [5.74, 6) is -0.456. The summed E-state index contributed by atoms with van der Waals surface area (Å²) in [5.41, 5.74) is 6.30. The summed E-state index contributed by atoms with van der Waals surface area (Å²) >= 11 is 5.82. The first-order chi connectivity index (χ1) is 8.76. The number of sulfone groups is 1. The number of hydrogen-bond acceptors (Lipinski definition) is 5. The molecule has 0 bridgehead atoms. The van der Waals surface area contributed by atoms with Crippen molar-refractivity contribution in [3.05, 3.63) is 28.9 Å². The summed E-state index contributed by atoms with van der Waals surface area (Å²) < 4.78 is 40.6. The average molecular weight is 307 g/mol. The van der Waals surface area contributed by atoms with Gasteiger partial charge in [0.05, 0.1) is 16.8 Å². The molecule has 5 nitrogen and oxygen atoms in total. The largest absolute Gasteiger partial charge is 0.437 e. The lowest BCUT2D eigenvalue weighted by atomic mass is 10.2. The summed E-state index contributed by atoms with van der Waals surface area (Å²) in [6.07, 6.45) is 1.30. The fourth-order valence-electron chi connectivity index (χ4n) is 1.60. The normalized spacial score (nSPS) is 13.9. The lowest BCUT2D eigenvalue weighted by molar-refractivity contribution is 0.468. The molecule has 1 unspecified atom stereocenters. The first kappa shape index (κ1) is 14.2. The monoisotopic (exact) mass is 306 g/mol. The van der Waals surface area contributed by atoms with E-state index in [1.54, 1.807) is 0 Å². The highest BCUT2D eigenvalue weighted by molar-refractivity contribution is 7.90. The third-order valence-corrected chi connectivity index (χ3v) is 3.80. The van der Waals surface area contributed by atoms with E-state index in [0.717, 1.165) is 12.3 Å². The molecule has 0 saturated heterocycles. The minimum Gasteiger partial charge on any atom is -0.437 e. The topological polar surface area (TPSA) is 86.2 Å². The number of nitrogens with two attached hydrogens (primary N) is 1. The minimum atomic E-state index is -3.11. The van der Waals surface area contributed by atoms with Gasteiger partial charge in [-0.2, -0.15) is 0 Å². The van der Waals surface area contributed by atoms with E-state index in [9.17, 15) is 12.8 Å². The van der Waals surface area contributed by atoms with Crippen molar-refractivity contribution in [2.24, 2.45) is 5.73 Å². The molecule has 19 heavy (non-hydrogen) atoms. The van der Waals surface area contributed by atoms with Crippen LogP contribution in [0.25, 0.3) is 11.1 Å². The summed E-state index contributed by atoms with van der Waals surface area (Å²) in [6, 6.07) is 1.61. The van der Waals surface area contributed by atoms with Crippen molar-refractivity contribution in [3.8, 4) is 0 Å². The second kappa shape index (κ2) is 5.07. The first-order valence-electron chi connectivity index (χ1n) is 5.45. The highest BCUT2D eigenvalue weighted by Crippen LogP contribution is 2.28. The summed E-state index contributed by atoms with van der Waals surface area (Å²) in [7, 11) is -3.11. The first-order valence-corrected chi connectivity index (χ1v) is 7.89. The zero-order valence-electron chi connectivity index (χ0n) is 10.1. The number of benzene rings is 1. The Hall–Kier alpha value is -1.18. The standard InChI is InChI=1S/C11H12ClFN2O3S/c1-19(16,17)3-2-8(14)11-15-9-5-6(13)4-7(12)10(9)18-11/h4-5,8H,2-3,14H2,1H3. The van der Waals surface area contributed by atoms with Crippen molar-refractivity contribution in [3.63, 3.8) is 0 Å². The van der Waals surface area contributed by atoms with E-state index in [1.165, 1.54) is 6.07 Å². The maximum Gasteiger partial charge on any atom is 0.212 e.